The van der Waals surface area contributed by atoms with Crippen LogP contribution in [-0.2, 0) is 16.1 Å². The maximum atomic E-state index is 13.0. The predicted octanol–water partition coefficient (Wildman–Crippen LogP) is 4.28. The number of ether oxygens (including phenoxy) is 1. The number of carbonyl (C=O) groups is 2. The lowest BCUT2D eigenvalue weighted by Gasteiger charge is -2.29. The summed E-state index contributed by atoms with van der Waals surface area (Å²) in [4.78, 5) is 27.0. The summed E-state index contributed by atoms with van der Waals surface area (Å²) in [5.74, 6) is 0.225. The second kappa shape index (κ2) is 10.9. The molecule has 0 aliphatic heterocycles. The van der Waals surface area contributed by atoms with Crippen molar-refractivity contribution in [3.63, 3.8) is 0 Å². The molecule has 0 aliphatic rings. The first-order valence-electron chi connectivity index (χ1n) is 9.83. The highest BCUT2D eigenvalue weighted by molar-refractivity contribution is 6.30. The van der Waals surface area contributed by atoms with E-state index in [1.54, 1.807) is 19.1 Å². The van der Waals surface area contributed by atoms with Gasteiger partial charge in [0, 0.05) is 18.1 Å². The molecule has 0 spiro atoms. The van der Waals surface area contributed by atoms with Crippen LogP contribution in [0.1, 0.15) is 37.0 Å². The number of hydrogen-bond acceptors (Lipinski definition) is 3. The highest BCUT2D eigenvalue weighted by Gasteiger charge is 2.26. The van der Waals surface area contributed by atoms with Crippen molar-refractivity contribution in [1.29, 1.82) is 0 Å². The van der Waals surface area contributed by atoms with Gasteiger partial charge in [-0.05, 0) is 62.1 Å². The first kappa shape index (κ1) is 22.8. The van der Waals surface area contributed by atoms with Gasteiger partial charge >= 0.3 is 0 Å². The van der Waals surface area contributed by atoms with Crippen molar-refractivity contribution in [3.8, 4) is 5.75 Å². The molecule has 156 valence electrons. The van der Waals surface area contributed by atoms with Gasteiger partial charge in [0.05, 0.1) is 0 Å². The van der Waals surface area contributed by atoms with E-state index < -0.39 is 6.04 Å². The van der Waals surface area contributed by atoms with E-state index in [4.69, 9.17) is 16.3 Å². The first-order valence-corrected chi connectivity index (χ1v) is 10.2. The minimum atomic E-state index is -0.629. The Kier molecular flexibility index (Phi) is 8.52. The highest BCUT2D eigenvalue weighted by atomic mass is 35.5. The van der Waals surface area contributed by atoms with Crippen molar-refractivity contribution < 1.29 is 14.3 Å². The molecular formula is C23H29ClN2O3. The van der Waals surface area contributed by atoms with Gasteiger partial charge in [0.25, 0.3) is 5.91 Å². The summed E-state index contributed by atoms with van der Waals surface area (Å²) in [7, 11) is 0. The summed E-state index contributed by atoms with van der Waals surface area (Å²) >= 11 is 6.08. The van der Waals surface area contributed by atoms with E-state index in [1.165, 1.54) is 4.90 Å². The monoisotopic (exact) mass is 416 g/mol. The van der Waals surface area contributed by atoms with Crippen LogP contribution in [0.2, 0.25) is 5.02 Å². The molecule has 2 aromatic carbocycles. The maximum Gasteiger partial charge on any atom is 0.261 e. The molecule has 2 aromatic rings. The largest absolute Gasteiger partial charge is 0.483 e. The van der Waals surface area contributed by atoms with Crippen molar-refractivity contribution in [2.75, 3.05) is 13.2 Å². The number of carbonyl (C=O) groups excluding carboxylic acids is 2. The molecule has 2 rings (SSSR count). The molecule has 0 fully saturated rings. The summed E-state index contributed by atoms with van der Waals surface area (Å²) in [6.45, 7) is 8.32. The molecule has 0 heterocycles. The Labute approximate surface area is 178 Å². The van der Waals surface area contributed by atoms with Crippen LogP contribution in [0.4, 0.5) is 0 Å². The molecule has 2 amide bonds. The van der Waals surface area contributed by atoms with E-state index in [0.717, 1.165) is 23.1 Å². The summed E-state index contributed by atoms with van der Waals surface area (Å²) in [6, 6.07) is 12.5. The van der Waals surface area contributed by atoms with Crippen molar-refractivity contribution in [2.24, 2.45) is 0 Å². The van der Waals surface area contributed by atoms with Gasteiger partial charge in [0.15, 0.2) is 6.61 Å². The average molecular weight is 417 g/mol. The summed E-state index contributed by atoms with van der Waals surface area (Å²) in [5.41, 5.74) is 2.87. The van der Waals surface area contributed by atoms with Crippen molar-refractivity contribution >= 4 is 23.4 Å². The molecule has 29 heavy (non-hydrogen) atoms. The van der Waals surface area contributed by atoms with Crippen LogP contribution in [0.5, 0.6) is 5.75 Å². The number of amides is 2. The Bertz CT molecular complexity index is 854. The zero-order valence-electron chi connectivity index (χ0n) is 17.5. The molecule has 0 aliphatic carbocycles. The van der Waals surface area contributed by atoms with Crippen LogP contribution in [0.15, 0.2) is 42.5 Å². The fourth-order valence-electron chi connectivity index (χ4n) is 2.90. The van der Waals surface area contributed by atoms with Gasteiger partial charge in [-0.2, -0.15) is 0 Å². The Morgan fingerprint density at radius 2 is 1.93 bits per heavy atom. The third kappa shape index (κ3) is 6.79. The number of hydrogen-bond donors (Lipinski definition) is 1. The molecule has 1 N–H and O–H groups in total. The molecular weight excluding hydrogens is 388 g/mol. The Hall–Kier alpha value is -2.53. The van der Waals surface area contributed by atoms with Gasteiger partial charge in [0.2, 0.25) is 5.91 Å². The van der Waals surface area contributed by atoms with Crippen LogP contribution in [0.25, 0.3) is 0 Å². The van der Waals surface area contributed by atoms with Crippen LogP contribution in [0, 0.1) is 13.8 Å². The van der Waals surface area contributed by atoms with Gasteiger partial charge in [-0.3, -0.25) is 9.59 Å². The second-order valence-corrected chi connectivity index (χ2v) is 7.61. The maximum absolute atomic E-state index is 13.0. The van der Waals surface area contributed by atoms with Crippen LogP contribution < -0.4 is 10.1 Å². The SMILES string of the molecule is CCCNC(=O)[C@@H](C)N(Cc1cccc(Cl)c1)C(=O)COc1cc(C)ccc1C. The van der Waals surface area contributed by atoms with Gasteiger partial charge in [-0.1, -0.05) is 42.8 Å². The summed E-state index contributed by atoms with van der Waals surface area (Å²) < 4.78 is 5.78. The topological polar surface area (TPSA) is 58.6 Å². The quantitative estimate of drug-likeness (QED) is 0.663. The second-order valence-electron chi connectivity index (χ2n) is 7.18. The molecule has 0 bridgehead atoms. The Balaban J connectivity index is 2.16. The standard InChI is InChI=1S/C23H29ClN2O3/c1-5-11-25-23(28)18(4)26(14-19-7-6-8-20(24)13-19)22(27)15-29-21-12-16(2)9-10-17(21)3/h6-10,12-13,18H,5,11,14-15H2,1-4H3,(H,25,28)/t18-/m1/s1. The highest BCUT2D eigenvalue weighted by Crippen LogP contribution is 2.20. The van der Waals surface area contributed by atoms with Crippen molar-refractivity contribution in [3.05, 3.63) is 64.2 Å². The van der Waals surface area contributed by atoms with Crippen LogP contribution >= 0.6 is 11.6 Å². The van der Waals surface area contributed by atoms with Crippen molar-refractivity contribution in [2.45, 2.75) is 46.7 Å². The lowest BCUT2D eigenvalue weighted by atomic mass is 10.1. The number of benzene rings is 2. The zero-order chi connectivity index (χ0) is 21.4. The third-order valence-electron chi connectivity index (χ3n) is 4.65. The summed E-state index contributed by atoms with van der Waals surface area (Å²) in [6.07, 6.45) is 0.830. The molecule has 0 saturated carbocycles. The van der Waals surface area contributed by atoms with Gasteiger partial charge in [-0.25, -0.2) is 0 Å². The Morgan fingerprint density at radius 3 is 2.62 bits per heavy atom. The summed E-state index contributed by atoms with van der Waals surface area (Å²) in [5, 5.41) is 3.44. The fraction of sp³-hybridized carbons (Fsp3) is 0.391. The number of nitrogens with one attached hydrogen (secondary N) is 1. The smallest absolute Gasteiger partial charge is 0.261 e. The van der Waals surface area contributed by atoms with Crippen molar-refractivity contribution in [1.82, 2.24) is 10.2 Å². The van der Waals surface area contributed by atoms with E-state index in [9.17, 15) is 9.59 Å². The molecule has 0 aromatic heterocycles. The van der Waals surface area contributed by atoms with Gasteiger partial charge in [-0.15, -0.1) is 0 Å². The molecule has 0 saturated heterocycles. The fourth-order valence-corrected chi connectivity index (χ4v) is 3.11. The lowest BCUT2D eigenvalue weighted by Crippen LogP contribution is -2.49. The lowest BCUT2D eigenvalue weighted by molar-refractivity contribution is -0.142. The normalized spacial score (nSPS) is 11.6. The average Bonchev–Trinajstić information content (AvgIpc) is 2.70. The van der Waals surface area contributed by atoms with Crippen LogP contribution in [-0.4, -0.2) is 35.9 Å². The molecule has 0 unspecified atom stereocenters. The van der Waals surface area contributed by atoms with Gasteiger partial charge in [0.1, 0.15) is 11.8 Å². The predicted molar refractivity (Wildman–Crippen MR) is 116 cm³/mol. The van der Waals surface area contributed by atoms with E-state index in [0.29, 0.717) is 17.3 Å². The number of aryl methyl sites for hydroxylation is 2. The van der Waals surface area contributed by atoms with E-state index in [-0.39, 0.29) is 25.0 Å². The molecule has 6 heteroatoms. The van der Waals surface area contributed by atoms with Crippen LogP contribution in [0.3, 0.4) is 0 Å². The van der Waals surface area contributed by atoms with E-state index >= 15 is 0 Å². The molecule has 1 atom stereocenters. The number of rotatable bonds is 9. The minimum absolute atomic E-state index is 0.143. The van der Waals surface area contributed by atoms with E-state index in [1.807, 2.05) is 51.1 Å². The first-order chi connectivity index (χ1) is 13.8. The van der Waals surface area contributed by atoms with Gasteiger partial charge < -0.3 is 15.0 Å². The van der Waals surface area contributed by atoms with E-state index in [2.05, 4.69) is 5.32 Å². The number of nitrogens with zero attached hydrogens (tertiary/aromatic N) is 1. The molecule has 0 radical (unpaired) electrons. The molecule has 5 nitrogen and oxygen atoms in total. The third-order valence-corrected chi connectivity index (χ3v) is 4.89. The Morgan fingerprint density at radius 1 is 1.17 bits per heavy atom. The minimum Gasteiger partial charge on any atom is -0.483 e. The zero-order valence-corrected chi connectivity index (χ0v) is 18.3. The number of halogens is 1.